The van der Waals surface area contributed by atoms with Gasteiger partial charge in [0.25, 0.3) is 5.78 Å². The Morgan fingerprint density at radius 2 is 1.94 bits per heavy atom. The number of carbonyl (C=O) groups excluding carboxylic acids is 1. The summed E-state index contributed by atoms with van der Waals surface area (Å²) in [6.07, 6.45) is 0. The van der Waals surface area contributed by atoms with E-state index in [1.807, 2.05) is 13.8 Å². The average molecular weight is 222 g/mol. The summed E-state index contributed by atoms with van der Waals surface area (Å²) in [5.41, 5.74) is 0.378. The first kappa shape index (κ1) is 12.4. The number of hydrogen-bond donors (Lipinski definition) is 2. The normalized spacial score (nSPS) is 11.2. The third-order valence-electron chi connectivity index (χ3n) is 2.50. The van der Waals surface area contributed by atoms with Crippen molar-refractivity contribution in [2.45, 2.75) is 19.3 Å². The number of rotatable bonds is 4. The molecule has 1 aromatic rings. The first-order valence-corrected chi connectivity index (χ1v) is 4.87. The molecule has 86 valence electrons. The smallest absolute Gasteiger partial charge is 0.377 e. The summed E-state index contributed by atoms with van der Waals surface area (Å²) in [4.78, 5) is 21.8. The topological polar surface area (TPSA) is 74.6 Å². The summed E-state index contributed by atoms with van der Waals surface area (Å²) in [7, 11) is 0. The van der Waals surface area contributed by atoms with Crippen molar-refractivity contribution in [3.63, 3.8) is 0 Å². The van der Waals surface area contributed by atoms with E-state index in [0.717, 1.165) is 5.56 Å². The van der Waals surface area contributed by atoms with Crippen LogP contribution >= 0.6 is 0 Å². The van der Waals surface area contributed by atoms with Crippen molar-refractivity contribution < 1.29 is 19.8 Å². The van der Waals surface area contributed by atoms with Gasteiger partial charge in [0.05, 0.1) is 6.61 Å². The molecule has 1 aromatic carbocycles. The van der Waals surface area contributed by atoms with Gasteiger partial charge >= 0.3 is 5.97 Å². The number of carboxylic acid groups (broad SMARTS) is 1. The Hall–Kier alpha value is -1.68. The third kappa shape index (κ3) is 2.46. The van der Waals surface area contributed by atoms with E-state index in [2.05, 4.69) is 0 Å². The van der Waals surface area contributed by atoms with Crippen molar-refractivity contribution in [2.75, 3.05) is 6.61 Å². The van der Waals surface area contributed by atoms with Gasteiger partial charge in [0.1, 0.15) is 0 Å². The van der Waals surface area contributed by atoms with Crippen molar-refractivity contribution >= 4 is 11.8 Å². The Kier molecular flexibility index (Phi) is 3.44. The second-order valence-electron chi connectivity index (χ2n) is 4.26. The minimum Gasteiger partial charge on any atom is -0.475 e. The van der Waals surface area contributed by atoms with Crippen molar-refractivity contribution in [3.05, 3.63) is 35.4 Å². The summed E-state index contributed by atoms with van der Waals surface area (Å²) in [6, 6.07) is 6.33. The van der Waals surface area contributed by atoms with E-state index < -0.39 is 17.2 Å². The molecule has 0 saturated heterocycles. The first-order chi connectivity index (χ1) is 7.38. The summed E-state index contributed by atoms with van der Waals surface area (Å²) < 4.78 is 0. The van der Waals surface area contributed by atoms with Gasteiger partial charge in [-0.15, -0.1) is 0 Å². The van der Waals surface area contributed by atoms with Gasteiger partial charge in [-0.1, -0.05) is 32.0 Å². The van der Waals surface area contributed by atoms with Crippen LogP contribution in [0.1, 0.15) is 29.8 Å². The van der Waals surface area contributed by atoms with Gasteiger partial charge < -0.3 is 10.2 Å². The molecule has 1 rings (SSSR count). The molecule has 0 atom stereocenters. The zero-order valence-corrected chi connectivity index (χ0v) is 9.23. The quantitative estimate of drug-likeness (QED) is 0.593. The van der Waals surface area contributed by atoms with E-state index in [0.29, 0.717) is 0 Å². The summed E-state index contributed by atoms with van der Waals surface area (Å²) in [5.74, 6) is -2.41. The molecule has 0 aliphatic rings. The number of carbonyl (C=O) groups is 2. The largest absolute Gasteiger partial charge is 0.475 e. The van der Waals surface area contributed by atoms with Gasteiger partial charge in [-0.2, -0.15) is 0 Å². The summed E-state index contributed by atoms with van der Waals surface area (Å²) in [6.45, 7) is 3.56. The lowest BCUT2D eigenvalue weighted by Gasteiger charge is -2.22. The molecule has 0 spiro atoms. The zero-order valence-electron chi connectivity index (χ0n) is 9.23. The van der Waals surface area contributed by atoms with E-state index in [-0.39, 0.29) is 12.2 Å². The lowest BCUT2D eigenvalue weighted by molar-refractivity contribution is -0.131. The Morgan fingerprint density at radius 1 is 1.31 bits per heavy atom. The van der Waals surface area contributed by atoms with Crippen LogP contribution < -0.4 is 0 Å². The van der Waals surface area contributed by atoms with E-state index in [1.165, 1.54) is 12.1 Å². The van der Waals surface area contributed by atoms with E-state index in [1.54, 1.807) is 12.1 Å². The zero-order chi connectivity index (χ0) is 12.3. The Morgan fingerprint density at radius 3 is 2.44 bits per heavy atom. The maximum Gasteiger partial charge on any atom is 0.377 e. The van der Waals surface area contributed by atoms with Crippen molar-refractivity contribution in [2.24, 2.45) is 0 Å². The number of aliphatic hydroxyl groups is 1. The van der Waals surface area contributed by atoms with Gasteiger partial charge in [0, 0.05) is 11.0 Å². The predicted octanol–water partition coefficient (Wildman–Crippen LogP) is 1.22. The highest BCUT2D eigenvalue weighted by Crippen LogP contribution is 2.23. The maximum atomic E-state index is 11.2. The van der Waals surface area contributed by atoms with Crippen LogP contribution in [0.5, 0.6) is 0 Å². The van der Waals surface area contributed by atoms with Crippen LogP contribution in [0, 0.1) is 0 Å². The minimum atomic E-state index is -1.47. The number of aliphatic carboxylic acids is 1. The molecule has 0 fully saturated rings. The van der Waals surface area contributed by atoms with Crippen molar-refractivity contribution in [1.82, 2.24) is 0 Å². The maximum absolute atomic E-state index is 11.2. The molecule has 0 heterocycles. The molecule has 4 heteroatoms. The fourth-order valence-corrected chi connectivity index (χ4v) is 1.30. The molecule has 0 saturated carbocycles. The number of benzene rings is 1. The molecular weight excluding hydrogens is 208 g/mol. The van der Waals surface area contributed by atoms with Crippen molar-refractivity contribution in [3.8, 4) is 0 Å². The van der Waals surface area contributed by atoms with Crippen LogP contribution in [0.25, 0.3) is 0 Å². The van der Waals surface area contributed by atoms with Crippen LogP contribution in [0.2, 0.25) is 0 Å². The molecule has 0 aliphatic heterocycles. The standard InChI is InChI=1S/C12H14O4/c1-12(2,7-13)9-5-3-4-8(6-9)10(14)11(15)16/h3-6,13H,7H2,1-2H3,(H,15,16). The van der Waals surface area contributed by atoms with Gasteiger partial charge in [0.2, 0.25) is 0 Å². The predicted molar refractivity (Wildman–Crippen MR) is 58.5 cm³/mol. The van der Waals surface area contributed by atoms with Crippen molar-refractivity contribution in [1.29, 1.82) is 0 Å². The molecule has 2 N–H and O–H groups in total. The number of carboxylic acids is 1. The number of Topliss-reactive ketones (excluding diaryl/α,β-unsaturated/α-hetero) is 1. The van der Waals surface area contributed by atoms with Crippen LogP contribution in [-0.4, -0.2) is 28.6 Å². The molecule has 0 aliphatic carbocycles. The lowest BCUT2D eigenvalue weighted by atomic mass is 9.84. The first-order valence-electron chi connectivity index (χ1n) is 4.87. The fourth-order valence-electron chi connectivity index (χ4n) is 1.30. The lowest BCUT2D eigenvalue weighted by Crippen LogP contribution is -2.23. The highest BCUT2D eigenvalue weighted by molar-refractivity contribution is 6.39. The average Bonchev–Trinajstić information content (AvgIpc) is 2.28. The third-order valence-corrected chi connectivity index (χ3v) is 2.50. The number of hydrogen-bond acceptors (Lipinski definition) is 3. The molecular formula is C12H14O4. The summed E-state index contributed by atoms with van der Waals surface area (Å²) in [5, 5.41) is 17.8. The molecule has 0 unspecified atom stereocenters. The van der Waals surface area contributed by atoms with E-state index >= 15 is 0 Å². The Bertz CT molecular complexity index is 421. The number of aliphatic hydroxyl groups excluding tert-OH is 1. The summed E-state index contributed by atoms with van der Waals surface area (Å²) >= 11 is 0. The molecule has 0 bridgehead atoms. The van der Waals surface area contributed by atoms with Gasteiger partial charge in [-0.25, -0.2) is 4.79 Å². The molecule has 0 aromatic heterocycles. The fraction of sp³-hybridized carbons (Fsp3) is 0.333. The molecule has 16 heavy (non-hydrogen) atoms. The molecule has 0 radical (unpaired) electrons. The minimum absolute atomic E-state index is 0.0717. The Labute approximate surface area is 93.5 Å². The number of ketones is 1. The SMILES string of the molecule is CC(C)(CO)c1cccc(C(=O)C(=O)O)c1. The van der Waals surface area contributed by atoms with Crippen LogP contribution in [-0.2, 0) is 10.2 Å². The second kappa shape index (κ2) is 4.45. The van der Waals surface area contributed by atoms with Gasteiger partial charge in [-0.3, -0.25) is 4.79 Å². The monoisotopic (exact) mass is 222 g/mol. The highest BCUT2D eigenvalue weighted by Gasteiger charge is 2.22. The van der Waals surface area contributed by atoms with Crippen LogP contribution in [0.15, 0.2) is 24.3 Å². The van der Waals surface area contributed by atoms with Crippen LogP contribution in [0.4, 0.5) is 0 Å². The molecule has 4 nitrogen and oxygen atoms in total. The second-order valence-corrected chi connectivity index (χ2v) is 4.26. The van der Waals surface area contributed by atoms with Gasteiger partial charge in [0.15, 0.2) is 0 Å². The van der Waals surface area contributed by atoms with E-state index in [4.69, 9.17) is 5.11 Å². The van der Waals surface area contributed by atoms with Crippen LogP contribution in [0.3, 0.4) is 0 Å². The van der Waals surface area contributed by atoms with E-state index in [9.17, 15) is 14.7 Å². The molecule has 0 amide bonds. The highest BCUT2D eigenvalue weighted by atomic mass is 16.4. The Balaban J connectivity index is 3.14. The van der Waals surface area contributed by atoms with Gasteiger partial charge in [-0.05, 0) is 11.6 Å².